The summed E-state index contributed by atoms with van der Waals surface area (Å²) in [4.78, 5) is 10.8. The van der Waals surface area contributed by atoms with Crippen LogP contribution in [0.25, 0.3) is 0 Å². The highest BCUT2D eigenvalue weighted by atomic mass is 15.2. The van der Waals surface area contributed by atoms with Crippen molar-refractivity contribution in [1.29, 1.82) is 0 Å². The molecule has 0 aliphatic rings. The van der Waals surface area contributed by atoms with E-state index in [9.17, 15) is 0 Å². The van der Waals surface area contributed by atoms with Gasteiger partial charge in [0, 0.05) is 33.4 Å². The lowest BCUT2D eigenvalue weighted by molar-refractivity contribution is 0.859. The van der Waals surface area contributed by atoms with Gasteiger partial charge in [0.15, 0.2) is 5.96 Å². The number of aromatic nitrogens is 1. The van der Waals surface area contributed by atoms with Crippen LogP contribution in [0.15, 0.2) is 36.0 Å². The van der Waals surface area contributed by atoms with Crippen LogP contribution in [0, 0.1) is 0 Å². The molecular formula is C14H23N5. The first kappa shape index (κ1) is 15.0. The van der Waals surface area contributed by atoms with Crippen molar-refractivity contribution in [2.75, 3.05) is 32.1 Å². The van der Waals surface area contributed by atoms with Crippen LogP contribution in [0.5, 0.6) is 0 Å². The Bertz CT molecular complexity index is 426. The summed E-state index contributed by atoms with van der Waals surface area (Å²) in [6, 6.07) is 4.02. The third-order valence-corrected chi connectivity index (χ3v) is 2.45. The van der Waals surface area contributed by atoms with Crippen molar-refractivity contribution in [3.63, 3.8) is 0 Å². The molecular weight excluding hydrogens is 238 g/mol. The first-order chi connectivity index (χ1) is 9.17. The van der Waals surface area contributed by atoms with Gasteiger partial charge < -0.3 is 15.5 Å². The Morgan fingerprint density at radius 2 is 2.26 bits per heavy atom. The third kappa shape index (κ3) is 5.42. The number of anilines is 1. The monoisotopic (exact) mass is 261 g/mol. The van der Waals surface area contributed by atoms with E-state index in [4.69, 9.17) is 0 Å². The molecule has 0 bridgehead atoms. The lowest BCUT2D eigenvalue weighted by Crippen LogP contribution is -2.37. The van der Waals surface area contributed by atoms with Crippen LogP contribution in [0.3, 0.4) is 0 Å². The summed E-state index contributed by atoms with van der Waals surface area (Å²) in [7, 11) is 3.95. The lowest BCUT2D eigenvalue weighted by Gasteiger charge is -2.12. The summed E-state index contributed by atoms with van der Waals surface area (Å²) in [6.07, 6.45) is 3.62. The van der Waals surface area contributed by atoms with Gasteiger partial charge in [-0.15, -0.1) is 6.58 Å². The lowest BCUT2D eigenvalue weighted by atomic mass is 10.2. The molecule has 2 N–H and O–H groups in total. The van der Waals surface area contributed by atoms with Crippen LogP contribution in [0.1, 0.15) is 12.5 Å². The van der Waals surface area contributed by atoms with Crippen LogP contribution < -0.4 is 15.5 Å². The second-order valence-electron chi connectivity index (χ2n) is 4.28. The van der Waals surface area contributed by atoms with Crippen molar-refractivity contribution < 1.29 is 0 Å². The summed E-state index contributed by atoms with van der Waals surface area (Å²) in [5.74, 6) is 1.74. The summed E-state index contributed by atoms with van der Waals surface area (Å²) >= 11 is 0. The fraction of sp³-hybridized carbons (Fsp3) is 0.429. The van der Waals surface area contributed by atoms with Crippen molar-refractivity contribution in [3.05, 3.63) is 36.5 Å². The van der Waals surface area contributed by atoms with Crippen molar-refractivity contribution in [1.82, 2.24) is 15.6 Å². The van der Waals surface area contributed by atoms with Gasteiger partial charge in [-0.2, -0.15) is 0 Å². The smallest absolute Gasteiger partial charge is 0.191 e. The molecule has 0 atom stereocenters. The van der Waals surface area contributed by atoms with Crippen LogP contribution in [-0.4, -0.2) is 38.1 Å². The van der Waals surface area contributed by atoms with E-state index in [0.29, 0.717) is 13.1 Å². The minimum absolute atomic E-state index is 0.621. The van der Waals surface area contributed by atoms with Gasteiger partial charge in [-0.1, -0.05) is 6.08 Å². The van der Waals surface area contributed by atoms with E-state index in [-0.39, 0.29) is 0 Å². The van der Waals surface area contributed by atoms with Crippen LogP contribution in [-0.2, 0) is 6.54 Å². The minimum Gasteiger partial charge on any atom is -0.363 e. The van der Waals surface area contributed by atoms with E-state index in [1.54, 1.807) is 0 Å². The molecule has 1 aromatic rings. The molecule has 1 rings (SSSR count). The molecule has 0 aliphatic carbocycles. The molecule has 1 aromatic heterocycles. The standard InChI is InChI=1S/C14H23N5/c1-5-8-17-14(15-6-2)18-11-12-7-9-16-13(10-12)19(3)4/h5,7,9-10H,1,6,8,11H2,2-4H3,(H2,15,17,18). The normalized spacial score (nSPS) is 11.0. The van der Waals surface area contributed by atoms with Crippen LogP contribution in [0.4, 0.5) is 5.82 Å². The quantitative estimate of drug-likeness (QED) is 0.461. The molecule has 5 nitrogen and oxygen atoms in total. The number of rotatable bonds is 6. The minimum atomic E-state index is 0.621. The molecule has 19 heavy (non-hydrogen) atoms. The van der Waals surface area contributed by atoms with Crippen LogP contribution >= 0.6 is 0 Å². The van der Waals surface area contributed by atoms with E-state index in [0.717, 1.165) is 23.9 Å². The highest BCUT2D eigenvalue weighted by Crippen LogP contribution is 2.10. The summed E-state index contributed by atoms with van der Waals surface area (Å²) < 4.78 is 0. The van der Waals surface area contributed by atoms with Gasteiger partial charge in [0.05, 0.1) is 6.54 Å². The highest BCUT2D eigenvalue weighted by Gasteiger charge is 2.00. The summed E-state index contributed by atoms with van der Waals surface area (Å²) in [5, 5.41) is 6.36. The van der Waals surface area contributed by atoms with Crippen LogP contribution in [0.2, 0.25) is 0 Å². The zero-order chi connectivity index (χ0) is 14.1. The molecule has 0 saturated heterocycles. The van der Waals surface area contributed by atoms with Gasteiger partial charge in [-0.05, 0) is 24.6 Å². The Hall–Kier alpha value is -2.04. The molecule has 0 amide bonds. The first-order valence-corrected chi connectivity index (χ1v) is 6.42. The van der Waals surface area contributed by atoms with E-state index in [1.165, 1.54) is 0 Å². The van der Waals surface area contributed by atoms with Crippen molar-refractivity contribution in [2.24, 2.45) is 4.99 Å². The summed E-state index contributed by atoms with van der Waals surface area (Å²) in [5.41, 5.74) is 1.13. The molecule has 0 spiro atoms. The number of aliphatic imine (C=N–C) groups is 1. The second-order valence-corrected chi connectivity index (χ2v) is 4.28. The van der Waals surface area contributed by atoms with E-state index >= 15 is 0 Å². The Morgan fingerprint density at radius 3 is 2.89 bits per heavy atom. The van der Waals surface area contributed by atoms with E-state index in [2.05, 4.69) is 27.2 Å². The van der Waals surface area contributed by atoms with Gasteiger partial charge in [0.25, 0.3) is 0 Å². The van der Waals surface area contributed by atoms with Gasteiger partial charge in [0.2, 0.25) is 0 Å². The predicted molar refractivity (Wildman–Crippen MR) is 81.6 cm³/mol. The van der Waals surface area contributed by atoms with Crippen molar-refractivity contribution in [2.45, 2.75) is 13.5 Å². The molecule has 1 heterocycles. The zero-order valence-electron chi connectivity index (χ0n) is 12.0. The molecule has 0 aromatic carbocycles. The maximum Gasteiger partial charge on any atom is 0.191 e. The maximum absolute atomic E-state index is 4.52. The van der Waals surface area contributed by atoms with E-state index < -0.39 is 0 Å². The van der Waals surface area contributed by atoms with Crippen molar-refractivity contribution in [3.8, 4) is 0 Å². The Labute approximate surface area is 115 Å². The number of hydrogen-bond donors (Lipinski definition) is 2. The maximum atomic E-state index is 4.52. The fourth-order valence-corrected chi connectivity index (χ4v) is 1.48. The van der Waals surface area contributed by atoms with Gasteiger partial charge in [0.1, 0.15) is 5.82 Å². The molecule has 5 heteroatoms. The first-order valence-electron chi connectivity index (χ1n) is 6.42. The molecule has 0 unspecified atom stereocenters. The number of nitrogens with zero attached hydrogens (tertiary/aromatic N) is 3. The average molecular weight is 261 g/mol. The molecule has 0 aliphatic heterocycles. The number of guanidine groups is 1. The SMILES string of the molecule is C=CCNC(=NCc1ccnc(N(C)C)c1)NCC. The van der Waals surface area contributed by atoms with Gasteiger partial charge in [-0.3, -0.25) is 0 Å². The molecule has 0 radical (unpaired) electrons. The van der Waals surface area contributed by atoms with Gasteiger partial charge in [-0.25, -0.2) is 9.98 Å². The summed E-state index contributed by atoms with van der Waals surface area (Å²) in [6.45, 7) is 7.88. The van der Waals surface area contributed by atoms with E-state index in [1.807, 2.05) is 50.3 Å². The molecule has 104 valence electrons. The third-order valence-electron chi connectivity index (χ3n) is 2.45. The van der Waals surface area contributed by atoms with Gasteiger partial charge >= 0.3 is 0 Å². The Kier molecular flexibility index (Phi) is 6.43. The number of nitrogens with one attached hydrogen (secondary N) is 2. The number of pyridine rings is 1. The number of hydrogen-bond acceptors (Lipinski definition) is 3. The zero-order valence-corrected chi connectivity index (χ0v) is 12.0. The fourth-order valence-electron chi connectivity index (χ4n) is 1.48. The molecule has 0 saturated carbocycles. The Morgan fingerprint density at radius 1 is 1.47 bits per heavy atom. The largest absolute Gasteiger partial charge is 0.363 e. The second kappa shape index (κ2) is 8.13. The Balaban J connectivity index is 2.70. The van der Waals surface area contributed by atoms with Crippen molar-refractivity contribution >= 4 is 11.8 Å². The topological polar surface area (TPSA) is 52.6 Å². The molecule has 0 fully saturated rings. The predicted octanol–water partition coefficient (Wildman–Crippen LogP) is 1.39. The highest BCUT2D eigenvalue weighted by molar-refractivity contribution is 5.79. The average Bonchev–Trinajstić information content (AvgIpc) is 2.42.